The molecule has 5 nitrogen and oxygen atoms in total. The van der Waals surface area contributed by atoms with Crippen LogP contribution in [0, 0.1) is 13.8 Å². The minimum atomic E-state index is 0.0555. The second kappa shape index (κ2) is 7.49. The minimum Gasteiger partial charge on any atom is -0.362 e. The molecule has 0 spiro atoms. The maximum absolute atomic E-state index is 5.24. The lowest BCUT2D eigenvalue weighted by atomic mass is 10.1. The Kier molecular flexibility index (Phi) is 5.15. The number of rotatable bonds is 6. The molecule has 1 atom stereocenters. The summed E-state index contributed by atoms with van der Waals surface area (Å²) in [5.41, 5.74) is 3.24. The zero-order chi connectivity index (χ0) is 16.9. The zero-order valence-electron chi connectivity index (χ0n) is 14.0. The van der Waals surface area contributed by atoms with Crippen LogP contribution in [0.1, 0.15) is 35.5 Å². The summed E-state index contributed by atoms with van der Waals surface area (Å²) in [6.45, 7) is 5.94. The fourth-order valence-electron chi connectivity index (χ4n) is 2.62. The normalized spacial score (nSPS) is 12.1. The molecular formula is C18H20N4OS. The third kappa shape index (κ3) is 3.94. The molecule has 1 N–H and O–H groups in total. The zero-order valence-corrected chi connectivity index (χ0v) is 14.8. The molecule has 2 heterocycles. The van der Waals surface area contributed by atoms with Crippen molar-refractivity contribution in [3.8, 4) is 0 Å². The molecule has 0 aliphatic heterocycles. The number of hydrogen-bond acceptors (Lipinski definition) is 6. The van der Waals surface area contributed by atoms with Crippen LogP contribution in [0.4, 0.5) is 5.82 Å². The molecular weight excluding hydrogens is 320 g/mol. The highest BCUT2D eigenvalue weighted by molar-refractivity contribution is 7.98. The molecule has 0 aliphatic rings. The predicted octanol–water partition coefficient (Wildman–Crippen LogP) is 4.55. The van der Waals surface area contributed by atoms with Gasteiger partial charge in [0.05, 0.1) is 24.1 Å². The summed E-state index contributed by atoms with van der Waals surface area (Å²) in [6, 6.07) is 10.4. The van der Waals surface area contributed by atoms with Crippen molar-refractivity contribution in [1.82, 2.24) is 15.1 Å². The van der Waals surface area contributed by atoms with Crippen LogP contribution in [-0.2, 0) is 5.75 Å². The SMILES string of the molecule is Cc1noc(C)c1C(C)Nc1cncc(SCc2ccccc2)n1. The molecule has 2 aromatic heterocycles. The Morgan fingerprint density at radius 3 is 2.67 bits per heavy atom. The second-order valence-electron chi connectivity index (χ2n) is 5.62. The molecule has 0 fully saturated rings. The maximum Gasteiger partial charge on any atom is 0.146 e. The van der Waals surface area contributed by atoms with Gasteiger partial charge in [0.25, 0.3) is 0 Å². The van der Waals surface area contributed by atoms with Crippen LogP contribution >= 0.6 is 11.8 Å². The van der Waals surface area contributed by atoms with E-state index in [-0.39, 0.29) is 6.04 Å². The van der Waals surface area contributed by atoms with Gasteiger partial charge in [0, 0.05) is 11.3 Å². The van der Waals surface area contributed by atoms with Gasteiger partial charge >= 0.3 is 0 Å². The van der Waals surface area contributed by atoms with Crippen molar-refractivity contribution < 1.29 is 4.52 Å². The van der Waals surface area contributed by atoms with E-state index >= 15 is 0 Å². The Labute approximate surface area is 145 Å². The number of aryl methyl sites for hydroxylation is 2. The van der Waals surface area contributed by atoms with Gasteiger partial charge in [0.15, 0.2) is 0 Å². The first-order chi connectivity index (χ1) is 11.6. The van der Waals surface area contributed by atoms with Crippen LogP contribution in [0.15, 0.2) is 52.3 Å². The number of thioether (sulfide) groups is 1. The summed E-state index contributed by atoms with van der Waals surface area (Å²) in [5, 5.41) is 8.28. The minimum absolute atomic E-state index is 0.0555. The van der Waals surface area contributed by atoms with E-state index < -0.39 is 0 Å². The standard InChI is InChI=1S/C18H20N4OS/c1-12(18-13(2)22-23-14(18)3)20-16-9-19-10-17(21-16)24-11-15-7-5-4-6-8-15/h4-10,12H,11H2,1-3H3,(H,20,21). The predicted molar refractivity (Wildman–Crippen MR) is 96.0 cm³/mol. The summed E-state index contributed by atoms with van der Waals surface area (Å²) in [4.78, 5) is 8.93. The van der Waals surface area contributed by atoms with E-state index in [1.807, 2.05) is 32.0 Å². The monoisotopic (exact) mass is 340 g/mol. The Morgan fingerprint density at radius 1 is 1.17 bits per heavy atom. The average Bonchev–Trinajstić information content (AvgIpc) is 2.93. The molecule has 0 saturated carbocycles. The fourth-order valence-corrected chi connectivity index (χ4v) is 3.43. The Morgan fingerprint density at radius 2 is 1.96 bits per heavy atom. The van der Waals surface area contributed by atoms with Gasteiger partial charge in [-0.3, -0.25) is 4.98 Å². The van der Waals surface area contributed by atoms with Crippen molar-refractivity contribution >= 4 is 17.6 Å². The number of nitrogens with zero attached hydrogens (tertiary/aromatic N) is 3. The van der Waals surface area contributed by atoms with Crippen LogP contribution in [0.25, 0.3) is 0 Å². The lowest BCUT2D eigenvalue weighted by Gasteiger charge is -2.14. The highest BCUT2D eigenvalue weighted by atomic mass is 32.2. The Balaban J connectivity index is 1.67. The van der Waals surface area contributed by atoms with E-state index in [9.17, 15) is 0 Å². The van der Waals surface area contributed by atoms with E-state index in [1.54, 1.807) is 24.2 Å². The summed E-state index contributed by atoms with van der Waals surface area (Å²) in [5.74, 6) is 2.45. The van der Waals surface area contributed by atoms with E-state index in [4.69, 9.17) is 4.52 Å². The first kappa shape index (κ1) is 16.5. The van der Waals surface area contributed by atoms with Gasteiger partial charge in [0.1, 0.15) is 16.6 Å². The molecule has 0 saturated heterocycles. The van der Waals surface area contributed by atoms with Crippen LogP contribution in [0.5, 0.6) is 0 Å². The van der Waals surface area contributed by atoms with Gasteiger partial charge in [-0.25, -0.2) is 4.98 Å². The van der Waals surface area contributed by atoms with Crippen molar-refractivity contribution in [3.05, 3.63) is 65.3 Å². The molecule has 3 aromatic rings. The maximum atomic E-state index is 5.24. The molecule has 3 rings (SSSR count). The van der Waals surface area contributed by atoms with Gasteiger partial charge in [-0.2, -0.15) is 0 Å². The summed E-state index contributed by atoms with van der Waals surface area (Å²) in [7, 11) is 0. The molecule has 0 bridgehead atoms. The number of hydrogen-bond donors (Lipinski definition) is 1. The quantitative estimate of drug-likeness (QED) is 0.664. The van der Waals surface area contributed by atoms with Gasteiger partial charge < -0.3 is 9.84 Å². The smallest absolute Gasteiger partial charge is 0.146 e. The first-order valence-electron chi connectivity index (χ1n) is 7.81. The number of aromatic nitrogens is 3. The second-order valence-corrected chi connectivity index (χ2v) is 6.62. The van der Waals surface area contributed by atoms with Gasteiger partial charge in [-0.05, 0) is 26.3 Å². The molecule has 0 amide bonds. The number of benzene rings is 1. The van der Waals surface area contributed by atoms with Gasteiger partial charge in [-0.1, -0.05) is 35.5 Å². The number of anilines is 1. The Bertz CT molecular complexity index is 784. The largest absolute Gasteiger partial charge is 0.362 e. The van der Waals surface area contributed by atoms with E-state index in [1.165, 1.54) is 5.56 Å². The van der Waals surface area contributed by atoms with Crippen molar-refractivity contribution in [1.29, 1.82) is 0 Å². The Hall–Kier alpha value is -2.34. The van der Waals surface area contributed by atoms with Crippen LogP contribution in [-0.4, -0.2) is 15.1 Å². The molecule has 124 valence electrons. The van der Waals surface area contributed by atoms with Crippen LogP contribution in [0.3, 0.4) is 0 Å². The van der Waals surface area contributed by atoms with E-state index in [0.717, 1.165) is 33.6 Å². The average molecular weight is 340 g/mol. The highest BCUT2D eigenvalue weighted by Gasteiger charge is 2.16. The summed E-state index contributed by atoms with van der Waals surface area (Å²) in [6.07, 6.45) is 3.53. The molecule has 1 unspecified atom stereocenters. The molecule has 0 radical (unpaired) electrons. The van der Waals surface area contributed by atoms with Crippen LogP contribution in [0.2, 0.25) is 0 Å². The summed E-state index contributed by atoms with van der Waals surface area (Å²) >= 11 is 1.67. The first-order valence-corrected chi connectivity index (χ1v) is 8.80. The van der Waals surface area contributed by atoms with Gasteiger partial charge in [0.2, 0.25) is 0 Å². The van der Waals surface area contributed by atoms with Gasteiger partial charge in [-0.15, -0.1) is 11.8 Å². The van der Waals surface area contributed by atoms with Crippen LogP contribution < -0.4 is 5.32 Å². The molecule has 1 aromatic carbocycles. The third-order valence-electron chi connectivity index (χ3n) is 3.73. The fraction of sp³-hybridized carbons (Fsp3) is 0.278. The number of nitrogens with one attached hydrogen (secondary N) is 1. The lowest BCUT2D eigenvalue weighted by molar-refractivity contribution is 0.392. The van der Waals surface area contributed by atoms with E-state index in [2.05, 4.69) is 39.5 Å². The molecule has 24 heavy (non-hydrogen) atoms. The third-order valence-corrected chi connectivity index (χ3v) is 4.70. The molecule has 6 heteroatoms. The topological polar surface area (TPSA) is 63.8 Å². The van der Waals surface area contributed by atoms with Crippen molar-refractivity contribution in [3.63, 3.8) is 0 Å². The van der Waals surface area contributed by atoms with Crippen molar-refractivity contribution in [2.24, 2.45) is 0 Å². The highest BCUT2D eigenvalue weighted by Crippen LogP contribution is 2.26. The lowest BCUT2D eigenvalue weighted by Crippen LogP contribution is -2.10. The van der Waals surface area contributed by atoms with E-state index in [0.29, 0.717) is 0 Å². The summed E-state index contributed by atoms with van der Waals surface area (Å²) < 4.78 is 5.24. The van der Waals surface area contributed by atoms with Crippen molar-refractivity contribution in [2.45, 2.75) is 37.6 Å². The van der Waals surface area contributed by atoms with Crippen molar-refractivity contribution in [2.75, 3.05) is 5.32 Å². The molecule has 0 aliphatic carbocycles.